The average Bonchev–Trinajstić information content (AvgIpc) is 2.40. The average molecular weight is 290 g/mol. The van der Waals surface area contributed by atoms with Crippen LogP contribution in [-0.4, -0.2) is 10.9 Å². The molecule has 1 aromatic heterocycles. The van der Waals surface area contributed by atoms with E-state index in [1.807, 2.05) is 24.3 Å². The third-order valence-electron chi connectivity index (χ3n) is 2.86. The number of aryl methyl sites for hydroxylation is 1. The quantitative estimate of drug-likeness (QED) is 0.846. The highest BCUT2D eigenvalue weighted by molar-refractivity contribution is 6.30. The van der Waals surface area contributed by atoms with Crippen molar-refractivity contribution in [3.63, 3.8) is 0 Å². The minimum Gasteiger partial charge on any atom is -0.384 e. The van der Waals surface area contributed by atoms with Gasteiger partial charge in [-0.2, -0.15) is 0 Å². The Morgan fingerprint density at radius 2 is 2.10 bits per heavy atom. The second kappa shape index (κ2) is 6.39. The van der Waals surface area contributed by atoms with Crippen LogP contribution in [0, 0.1) is 0 Å². The van der Waals surface area contributed by atoms with Crippen LogP contribution in [0.5, 0.6) is 0 Å². The summed E-state index contributed by atoms with van der Waals surface area (Å²) in [5.74, 6) is -0.0194. The molecule has 0 aliphatic heterocycles. The van der Waals surface area contributed by atoms with Crippen molar-refractivity contribution >= 4 is 29.0 Å². The molecule has 0 unspecified atom stereocenters. The van der Waals surface area contributed by atoms with E-state index in [1.54, 1.807) is 0 Å². The van der Waals surface area contributed by atoms with E-state index in [1.165, 1.54) is 12.1 Å². The van der Waals surface area contributed by atoms with Crippen LogP contribution in [0.3, 0.4) is 0 Å². The molecule has 0 saturated heterocycles. The number of hydrogen-bond donors (Lipinski definition) is 2. The fourth-order valence-electron chi connectivity index (χ4n) is 1.97. The summed E-state index contributed by atoms with van der Waals surface area (Å²) in [5, 5.41) is 3.09. The zero-order chi connectivity index (χ0) is 14.5. The highest BCUT2D eigenvalue weighted by atomic mass is 35.5. The summed E-state index contributed by atoms with van der Waals surface area (Å²) in [6.45, 7) is 2.10. The van der Waals surface area contributed by atoms with Crippen molar-refractivity contribution in [2.45, 2.75) is 19.8 Å². The molecule has 0 fully saturated rings. The Bertz CT molecular complexity index is 608. The van der Waals surface area contributed by atoms with E-state index in [0.29, 0.717) is 5.56 Å². The van der Waals surface area contributed by atoms with Gasteiger partial charge in [0.1, 0.15) is 11.0 Å². The summed E-state index contributed by atoms with van der Waals surface area (Å²) in [6.07, 6.45) is 1.93. The van der Waals surface area contributed by atoms with Gasteiger partial charge in [-0.25, -0.2) is 4.98 Å². The van der Waals surface area contributed by atoms with Gasteiger partial charge in [-0.3, -0.25) is 4.79 Å². The third-order valence-corrected chi connectivity index (χ3v) is 3.05. The van der Waals surface area contributed by atoms with Gasteiger partial charge in [0.25, 0.3) is 5.91 Å². The van der Waals surface area contributed by atoms with E-state index >= 15 is 0 Å². The van der Waals surface area contributed by atoms with E-state index in [0.717, 1.165) is 24.1 Å². The Hall–Kier alpha value is -2.07. The lowest BCUT2D eigenvalue weighted by molar-refractivity contribution is 0.102. The van der Waals surface area contributed by atoms with Gasteiger partial charge in [-0.05, 0) is 30.2 Å². The summed E-state index contributed by atoms with van der Waals surface area (Å²) >= 11 is 5.81. The molecule has 0 aliphatic rings. The van der Waals surface area contributed by atoms with Crippen molar-refractivity contribution in [3.8, 4) is 0 Å². The summed E-state index contributed by atoms with van der Waals surface area (Å²) in [6, 6.07) is 10.7. The van der Waals surface area contributed by atoms with E-state index in [9.17, 15) is 4.79 Å². The monoisotopic (exact) mass is 289 g/mol. The number of nitrogens with two attached hydrogens (primary N) is 1. The number of nitrogens with zero attached hydrogens (tertiary/aromatic N) is 1. The number of halogens is 1. The highest BCUT2D eigenvalue weighted by Crippen LogP contribution is 2.19. The largest absolute Gasteiger partial charge is 0.384 e. The van der Waals surface area contributed by atoms with Crippen molar-refractivity contribution in [1.82, 2.24) is 4.98 Å². The second-order valence-corrected chi connectivity index (χ2v) is 4.85. The first-order valence-corrected chi connectivity index (χ1v) is 6.80. The maximum Gasteiger partial charge on any atom is 0.255 e. The van der Waals surface area contributed by atoms with Gasteiger partial charge in [-0.1, -0.05) is 43.1 Å². The third kappa shape index (κ3) is 3.48. The van der Waals surface area contributed by atoms with Crippen LogP contribution < -0.4 is 11.1 Å². The highest BCUT2D eigenvalue weighted by Gasteiger charge is 2.10. The molecule has 0 aliphatic carbocycles. The van der Waals surface area contributed by atoms with Gasteiger partial charge < -0.3 is 11.1 Å². The molecule has 5 heteroatoms. The van der Waals surface area contributed by atoms with Gasteiger partial charge >= 0.3 is 0 Å². The van der Waals surface area contributed by atoms with Crippen LogP contribution in [0.15, 0.2) is 36.4 Å². The Morgan fingerprint density at radius 1 is 1.35 bits per heavy atom. The van der Waals surface area contributed by atoms with Gasteiger partial charge in [0.05, 0.1) is 0 Å². The maximum absolute atomic E-state index is 12.2. The SMILES string of the molecule is CCCc1ccccc1NC(=O)c1cc(N)nc(Cl)c1. The molecule has 1 amide bonds. The molecule has 0 radical (unpaired) electrons. The Kier molecular flexibility index (Phi) is 4.58. The van der Waals surface area contributed by atoms with E-state index in [2.05, 4.69) is 17.2 Å². The Balaban J connectivity index is 2.23. The number of rotatable bonds is 4. The van der Waals surface area contributed by atoms with Gasteiger partial charge in [0.15, 0.2) is 0 Å². The molecule has 0 bridgehead atoms. The van der Waals surface area contributed by atoms with E-state index in [4.69, 9.17) is 17.3 Å². The molecule has 3 N–H and O–H groups in total. The molecule has 1 aromatic carbocycles. The summed E-state index contributed by atoms with van der Waals surface area (Å²) in [4.78, 5) is 16.1. The second-order valence-electron chi connectivity index (χ2n) is 4.46. The van der Waals surface area contributed by atoms with Crippen molar-refractivity contribution in [2.75, 3.05) is 11.1 Å². The fraction of sp³-hybridized carbons (Fsp3) is 0.200. The molecule has 1 heterocycles. The van der Waals surface area contributed by atoms with E-state index in [-0.39, 0.29) is 16.9 Å². The summed E-state index contributed by atoms with van der Waals surface area (Å²) in [5.41, 5.74) is 7.91. The van der Waals surface area contributed by atoms with Crippen molar-refractivity contribution in [1.29, 1.82) is 0 Å². The first kappa shape index (κ1) is 14.3. The molecule has 0 saturated carbocycles. The van der Waals surface area contributed by atoms with Crippen LogP contribution in [0.2, 0.25) is 5.15 Å². The predicted octanol–water partition coefficient (Wildman–Crippen LogP) is 3.52. The van der Waals surface area contributed by atoms with Crippen molar-refractivity contribution in [2.24, 2.45) is 0 Å². The van der Waals surface area contributed by atoms with E-state index < -0.39 is 0 Å². The molecule has 2 rings (SSSR count). The van der Waals surface area contributed by atoms with Crippen LogP contribution in [0.25, 0.3) is 0 Å². The number of carbonyl (C=O) groups is 1. The van der Waals surface area contributed by atoms with Crippen LogP contribution in [-0.2, 0) is 6.42 Å². The molecule has 104 valence electrons. The van der Waals surface area contributed by atoms with Crippen LogP contribution in [0.1, 0.15) is 29.3 Å². The minimum absolute atomic E-state index is 0.206. The molecule has 0 spiro atoms. The number of benzene rings is 1. The number of anilines is 2. The zero-order valence-corrected chi connectivity index (χ0v) is 11.9. The van der Waals surface area contributed by atoms with Gasteiger partial charge in [0, 0.05) is 11.3 Å². The normalized spacial score (nSPS) is 10.3. The minimum atomic E-state index is -0.246. The molecule has 20 heavy (non-hydrogen) atoms. The van der Waals surface area contributed by atoms with Crippen molar-refractivity contribution < 1.29 is 4.79 Å². The zero-order valence-electron chi connectivity index (χ0n) is 11.2. The lowest BCUT2D eigenvalue weighted by atomic mass is 10.1. The number of nitrogens with one attached hydrogen (secondary N) is 1. The van der Waals surface area contributed by atoms with Gasteiger partial charge in [0.2, 0.25) is 0 Å². The lowest BCUT2D eigenvalue weighted by Crippen LogP contribution is -2.14. The number of aromatic nitrogens is 1. The standard InChI is InChI=1S/C15H16ClN3O/c1-2-5-10-6-3-4-7-12(10)18-15(20)11-8-13(16)19-14(17)9-11/h3-4,6-9H,2,5H2,1H3,(H2,17,19)(H,18,20). The maximum atomic E-state index is 12.2. The molecule has 2 aromatic rings. The molecular weight excluding hydrogens is 274 g/mol. The topological polar surface area (TPSA) is 68.0 Å². The first-order valence-electron chi connectivity index (χ1n) is 6.42. The van der Waals surface area contributed by atoms with Crippen LogP contribution >= 0.6 is 11.6 Å². The smallest absolute Gasteiger partial charge is 0.255 e. The number of hydrogen-bond acceptors (Lipinski definition) is 3. The first-order chi connectivity index (χ1) is 9.60. The van der Waals surface area contributed by atoms with Crippen molar-refractivity contribution in [3.05, 3.63) is 52.7 Å². The summed E-state index contributed by atoms with van der Waals surface area (Å²) < 4.78 is 0. The Labute approximate surface area is 123 Å². The molecule has 0 atom stereocenters. The lowest BCUT2D eigenvalue weighted by Gasteiger charge is -2.10. The fourth-order valence-corrected chi connectivity index (χ4v) is 2.19. The number of carbonyl (C=O) groups excluding carboxylic acids is 1. The predicted molar refractivity (Wildman–Crippen MR) is 82.0 cm³/mol. The van der Waals surface area contributed by atoms with Gasteiger partial charge in [-0.15, -0.1) is 0 Å². The number of nitrogen functional groups attached to an aromatic ring is 1. The molecular formula is C15H16ClN3O. The number of amides is 1. The summed E-state index contributed by atoms with van der Waals surface area (Å²) in [7, 11) is 0. The van der Waals surface area contributed by atoms with Crippen LogP contribution in [0.4, 0.5) is 11.5 Å². The Morgan fingerprint density at radius 3 is 2.80 bits per heavy atom. The number of pyridine rings is 1. The molecule has 4 nitrogen and oxygen atoms in total. The number of para-hydroxylation sites is 1.